The zero-order valence-corrected chi connectivity index (χ0v) is 5.76. The van der Waals surface area contributed by atoms with Gasteiger partial charge in [0, 0.05) is 6.42 Å². The number of hydrogen-bond acceptors (Lipinski definition) is 2. The van der Waals surface area contributed by atoms with Gasteiger partial charge in [0.15, 0.2) is 0 Å². The van der Waals surface area contributed by atoms with Crippen molar-refractivity contribution in [2.45, 2.75) is 31.7 Å². The summed E-state index contributed by atoms with van der Waals surface area (Å²) in [5.41, 5.74) is 0. The fourth-order valence-electron chi connectivity index (χ4n) is 1.07. The Kier molecular flexibility index (Phi) is 2.27. The van der Waals surface area contributed by atoms with E-state index in [2.05, 4.69) is 5.32 Å². The van der Waals surface area contributed by atoms with Crippen molar-refractivity contribution in [2.75, 3.05) is 0 Å². The third kappa shape index (κ3) is 1.73. The largest absolute Gasteiger partial charge is 0.340 e. The predicted molar refractivity (Wildman–Crippen MR) is 36.0 cm³/mol. The van der Waals surface area contributed by atoms with E-state index in [1.807, 2.05) is 6.07 Å². The van der Waals surface area contributed by atoms with Crippen LogP contribution in [0.5, 0.6) is 0 Å². The van der Waals surface area contributed by atoms with Gasteiger partial charge in [-0.2, -0.15) is 5.26 Å². The average molecular weight is 138 g/mol. The van der Waals surface area contributed by atoms with Crippen LogP contribution in [-0.4, -0.2) is 11.9 Å². The van der Waals surface area contributed by atoms with Crippen LogP contribution < -0.4 is 5.32 Å². The molecule has 0 bridgehead atoms. The van der Waals surface area contributed by atoms with Crippen LogP contribution >= 0.6 is 0 Å². The Bertz CT molecular complexity index is 171. The monoisotopic (exact) mass is 138 g/mol. The van der Waals surface area contributed by atoms with Gasteiger partial charge in [-0.1, -0.05) is 0 Å². The van der Waals surface area contributed by atoms with E-state index >= 15 is 0 Å². The lowest BCUT2D eigenvalue weighted by atomic mass is 10.1. The zero-order valence-electron chi connectivity index (χ0n) is 5.76. The van der Waals surface area contributed by atoms with E-state index in [0.29, 0.717) is 6.42 Å². The maximum atomic E-state index is 10.8. The third-order valence-corrected chi connectivity index (χ3v) is 1.64. The van der Waals surface area contributed by atoms with Crippen LogP contribution in [0.15, 0.2) is 0 Å². The summed E-state index contributed by atoms with van der Waals surface area (Å²) in [7, 11) is 0. The van der Waals surface area contributed by atoms with Crippen molar-refractivity contribution in [2.24, 2.45) is 0 Å². The van der Waals surface area contributed by atoms with Gasteiger partial charge >= 0.3 is 0 Å². The van der Waals surface area contributed by atoms with Crippen LogP contribution in [0.3, 0.4) is 0 Å². The first kappa shape index (κ1) is 7.07. The number of rotatable bonds is 0. The van der Waals surface area contributed by atoms with E-state index in [4.69, 9.17) is 5.26 Å². The maximum Gasteiger partial charge on any atom is 0.221 e. The zero-order chi connectivity index (χ0) is 7.40. The highest BCUT2D eigenvalue weighted by molar-refractivity contribution is 5.76. The summed E-state index contributed by atoms with van der Waals surface area (Å²) in [5, 5.41) is 11.1. The molecule has 54 valence electrons. The highest BCUT2D eigenvalue weighted by Crippen LogP contribution is 2.07. The van der Waals surface area contributed by atoms with Crippen LogP contribution in [0, 0.1) is 11.3 Å². The molecule has 0 aromatic carbocycles. The third-order valence-electron chi connectivity index (χ3n) is 1.64. The van der Waals surface area contributed by atoms with Gasteiger partial charge in [-0.15, -0.1) is 0 Å². The highest BCUT2D eigenvalue weighted by Gasteiger charge is 2.14. The summed E-state index contributed by atoms with van der Waals surface area (Å²) in [5.74, 6) is 0.0176. The number of carbonyl (C=O) groups is 1. The molecular formula is C7H10N2O. The lowest BCUT2D eigenvalue weighted by Gasteiger charge is -2.04. The van der Waals surface area contributed by atoms with Crippen molar-refractivity contribution in [3.8, 4) is 6.07 Å². The molecular weight excluding hydrogens is 128 g/mol. The van der Waals surface area contributed by atoms with Crippen LogP contribution in [0.25, 0.3) is 0 Å². The molecule has 0 radical (unpaired) electrons. The number of nitrogens with zero attached hydrogens (tertiary/aromatic N) is 1. The van der Waals surface area contributed by atoms with E-state index in [1.54, 1.807) is 0 Å². The molecule has 10 heavy (non-hydrogen) atoms. The molecule has 1 aliphatic heterocycles. The summed E-state index contributed by atoms with van der Waals surface area (Å²) in [4.78, 5) is 10.8. The molecule has 1 rings (SSSR count). The summed E-state index contributed by atoms with van der Waals surface area (Å²) >= 11 is 0. The Balaban J connectivity index is 2.47. The smallest absolute Gasteiger partial charge is 0.221 e. The minimum Gasteiger partial charge on any atom is -0.340 e. The molecule has 3 nitrogen and oxygen atoms in total. The van der Waals surface area contributed by atoms with Crippen LogP contribution in [0.4, 0.5) is 0 Å². The minimum absolute atomic E-state index is 0.0176. The Hall–Kier alpha value is -1.04. The molecule has 0 aliphatic carbocycles. The van der Waals surface area contributed by atoms with Gasteiger partial charge < -0.3 is 5.32 Å². The molecule has 1 N–H and O–H groups in total. The molecule has 1 amide bonds. The van der Waals surface area contributed by atoms with Gasteiger partial charge in [-0.3, -0.25) is 4.79 Å². The maximum absolute atomic E-state index is 10.8. The van der Waals surface area contributed by atoms with Gasteiger partial charge in [0.05, 0.1) is 6.07 Å². The molecule has 1 heterocycles. The van der Waals surface area contributed by atoms with E-state index < -0.39 is 0 Å². The Morgan fingerprint density at radius 1 is 1.60 bits per heavy atom. The van der Waals surface area contributed by atoms with Crippen molar-refractivity contribution < 1.29 is 4.79 Å². The number of nitriles is 1. The van der Waals surface area contributed by atoms with Gasteiger partial charge in [-0.25, -0.2) is 0 Å². The molecule has 1 unspecified atom stereocenters. The Morgan fingerprint density at radius 2 is 2.40 bits per heavy atom. The first-order chi connectivity index (χ1) is 4.83. The quantitative estimate of drug-likeness (QED) is 0.532. The first-order valence-corrected chi connectivity index (χ1v) is 3.52. The second-order valence-electron chi connectivity index (χ2n) is 2.49. The van der Waals surface area contributed by atoms with Crippen molar-refractivity contribution in [1.82, 2.24) is 5.32 Å². The normalized spacial score (nSPS) is 26.3. The first-order valence-electron chi connectivity index (χ1n) is 3.52. The molecule has 0 spiro atoms. The van der Waals surface area contributed by atoms with E-state index in [-0.39, 0.29) is 11.9 Å². The Morgan fingerprint density at radius 3 is 3.10 bits per heavy atom. The molecule has 0 aromatic heterocycles. The molecule has 0 saturated carbocycles. The molecule has 1 aliphatic rings. The van der Waals surface area contributed by atoms with Gasteiger partial charge in [0.2, 0.25) is 5.91 Å². The van der Waals surface area contributed by atoms with Gasteiger partial charge in [0.1, 0.15) is 6.04 Å². The molecule has 0 aromatic rings. The minimum atomic E-state index is -0.241. The van der Waals surface area contributed by atoms with Crippen molar-refractivity contribution in [3.63, 3.8) is 0 Å². The SMILES string of the molecule is N#CC1CCCCC(=O)N1. The Labute approximate surface area is 60.0 Å². The fraction of sp³-hybridized carbons (Fsp3) is 0.714. The lowest BCUT2D eigenvalue weighted by molar-refractivity contribution is -0.121. The second-order valence-corrected chi connectivity index (χ2v) is 2.49. The number of nitrogens with one attached hydrogen (secondary N) is 1. The highest BCUT2D eigenvalue weighted by atomic mass is 16.1. The van der Waals surface area contributed by atoms with Crippen LogP contribution in [0.1, 0.15) is 25.7 Å². The van der Waals surface area contributed by atoms with E-state index in [1.165, 1.54) is 0 Å². The van der Waals surface area contributed by atoms with Crippen LogP contribution in [0.2, 0.25) is 0 Å². The predicted octanol–water partition coefficient (Wildman–Crippen LogP) is 0.569. The number of amides is 1. The molecule has 3 heteroatoms. The lowest BCUT2D eigenvalue weighted by Crippen LogP contribution is -2.31. The van der Waals surface area contributed by atoms with Crippen LogP contribution in [-0.2, 0) is 4.79 Å². The standard InChI is InChI=1S/C7H10N2O/c8-5-6-3-1-2-4-7(10)9-6/h6H,1-4H2,(H,9,10). The summed E-state index contributed by atoms with van der Waals surface area (Å²) < 4.78 is 0. The van der Waals surface area contributed by atoms with E-state index in [0.717, 1.165) is 19.3 Å². The fourth-order valence-corrected chi connectivity index (χ4v) is 1.07. The molecule has 1 fully saturated rings. The molecule has 1 saturated heterocycles. The van der Waals surface area contributed by atoms with Crippen molar-refractivity contribution in [3.05, 3.63) is 0 Å². The average Bonchev–Trinajstić information content (AvgIpc) is 2.13. The summed E-state index contributed by atoms with van der Waals surface area (Å²) in [6.45, 7) is 0. The number of carbonyl (C=O) groups excluding carboxylic acids is 1. The van der Waals surface area contributed by atoms with Crippen molar-refractivity contribution in [1.29, 1.82) is 5.26 Å². The number of hydrogen-bond donors (Lipinski definition) is 1. The van der Waals surface area contributed by atoms with E-state index in [9.17, 15) is 4.79 Å². The summed E-state index contributed by atoms with van der Waals surface area (Å²) in [6.07, 6.45) is 3.29. The summed E-state index contributed by atoms with van der Waals surface area (Å²) in [6, 6.07) is 1.80. The molecule has 1 atom stereocenters. The van der Waals surface area contributed by atoms with Gasteiger partial charge in [0.25, 0.3) is 0 Å². The second kappa shape index (κ2) is 3.21. The van der Waals surface area contributed by atoms with Crippen molar-refractivity contribution >= 4 is 5.91 Å². The van der Waals surface area contributed by atoms with Gasteiger partial charge in [-0.05, 0) is 19.3 Å². The topological polar surface area (TPSA) is 52.9 Å².